The average Bonchev–Trinajstić information content (AvgIpc) is 3.01. The first kappa shape index (κ1) is 17.2. The highest BCUT2D eigenvalue weighted by molar-refractivity contribution is 6.74. The van der Waals surface area contributed by atoms with Gasteiger partial charge in [0.2, 0.25) is 0 Å². The molecule has 0 heterocycles. The summed E-state index contributed by atoms with van der Waals surface area (Å²) in [5, 5.41) is 9.10. The molecule has 0 unspecified atom stereocenters. The van der Waals surface area contributed by atoms with Gasteiger partial charge in [-0.1, -0.05) is 20.8 Å². The van der Waals surface area contributed by atoms with Crippen molar-refractivity contribution in [3.8, 4) is 6.07 Å². The molecule has 4 nitrogen and oxygen atoms in total. The molecule has 0 aromatic heterocycles. The van der Waals surface area contributed by atoms with Gasteiger partial charge in [-0.05, 0) is 37.4 Å². The molecule has 0 aromatic rings. The summed E-state index contributed by atoms with van der Waals surface area (Å²) >= 11 is 0. The van der Waals surface area contributed by atoms with Gasteiger partial charge >= 0.3 is 5.97 Å². The zero-order valence-electron chi connectivity index (χ0n) is 13.6. The molecule has 0 radical (unpaired) electrons. The van der Waals surface area contributed by atoms with Gasteiger partial charge in [0.05, 0.1) is 24.5 Å². The fourth-order valence-electron chi connectivity index (χ4n) is 2.08. The first-order chi connectivity index (χ1) is 9.10. The Kier molecular flexibility index (Phi) is 5.04. The number of carbonyl (C=O) groups excluding carboxylic acids is 1. The predicted molar refractivity (Wildman–Crippen MR) is 80.6 cm³/mol. The topological polar surface area (TPSA) is 59.3 Å². The van der Waals surface area contributed by atoms with Gasteiger partial charge in [-0.3, -0.25) is 4.79 Å². The van der Waals surface area contributed by atoms with Crippen molar-refractivity contribution in [2.45, 2.75) is 58.7 Å². The van der Waals surface area contributed by atoms with E-state index in [4.69, 9.17) is 14.4 Å². The smallest absolute Gasteiger partial charge is 0.313 e. The van der Waals surface area contributed by atoms with Crippen molar-refractivity contribution in [3.63, 3.8) is 0 Å². The largest absolute Gasteiger partial charge is 0.466 e. The zero-order chi connectivity index (χ0) is 15.6. The molecule has 20 heavy (non-hydrogen) atoms. The summed E-state index contributed by atoms with van der Waals surface area (Å²) in [5.74, 6) is -0.0966. The molecule has 0 aliphatic heterocycles. The lowest BCUT2D eigenvalue weighted by atomic mass is 10.0. The molecular formula is C15H27NO3Si. The Labute approximate surface area is 123 Å². The number of nitrogens with zero attached hydrogens (tertiary/aromatic N) is 1. The first-order valence-electron chi connectivity index (χ1n) is 7.29. The predicted octanol–water partition coefficient (Wildman–Crippen LogP) is 3.49. The summed E-state index contributed by atoms with van der Waals surface area (Å²) in [5.41, 5.74) is -0.604. The first-order valence-corrected chi connectivity index (χ1v) is 10.2. The highest BCUT2D eigenvalue weighted by Crippen LogP contribution is 2.56. The minimum absolute atomic E-state index is 0.135. The molecule has 1 fully saturated rings. The maximum absolute atomic E-state index is 12.0. The molecule has 0 N–H and O–H groups in total. The SMILES string of the molecule is CCOC(=O)[C@@]1(CC#N)C[C@@H]1CO[Si](C)(C)C(C)(C)C. The highest BCUT2D eigenvalue weighted by Gasteiger charge is 2.61. The summed E-state index contributed by atoms with van der Waals surface area (Å²) < 4.78 is 11.3. The summed E-state index contributed by atoms with van der Waals surface area (Å²) in [7, 11) is -1.80. The summed E-state index contributed by atoms with van der Waals surface area (Å²) in [6, 6.07) is 2.12. The fourth-order valence-corrected chi connectivity index (χ4v) is 3.13. The lowest BCUT2D eigenvalue weighted by Crippen LogP contribution is -2.41. The van der Waals surface area contributed by atoms with E-state index >= 15 is 0 Å². The number of hydrogen-bond donors (Lipinski definition) is 0. The monoisotopic (exact) mass is 297 g/mol. The number of nitriles is 1. The van der Waals surface area contributed by atoms with Gasteiger partial charge in [-0.2, -0.15) is 5.26 Å². The molecule has 2 atom stereocenters. The second-order valence-electron chi connectivity index (χ2n) is 7.18. The third-order valence-electron chi connectivity index (χ3n) is 4.76. The van der Waals surface area contributed by atoms with Crippen LogP contribution in [0.15, 0.2) is 0 Å². The number of carbonyl (C=O) groups is 1. The molecule has 0 aromatic carbocycles. The third-order valence-corrected chi connectivity index (χ3v) is 9.26. The highest BCUT2D eigenvalue weighted by atomic mass is 28.4. The zero-order valence-corrected chi connectivity index (χ0v) is 14.6. The molecule has 114 valence electrons. The molecule has 1 rings (SSSR count). The second-order valence-corrected chi connectivity index (χ2v) is 12.0. The van der Waals surface area contributed by atoms with Gasteiger partial charge in [-0.25, -0.2) is 0 Å². The molecule has 5 heteroatoms. The number of rotatable bonds is 6. The van der Waals surface area contributed by atoms with Gasteiger partial charge in [0.25, 0.3) is 0 Å². The molecular weight excluding hydrogens is 270 g/mol. The number of hydrogen-bond acceptors (Lipinski definition) is 4. The number of esters is 1. The van der Waals surface area contributed by atoms with Crippen LogP contribution in [0.5, 0.6) is 0 Å². The summed E-state index contributed by atoms with van der Waals surface area (Å²) in [4.78, 5) is 12.0. The van der Waals surface area contributed by atoms with E-state index in [1.165, 1.54) is 0 Å². The van der Waals surface area contributed by atoms with E-state index in [9.17, 15) is 4.79 Å². The van der Waals surface area contributed by atoms with Crippen LogP contribution in [0.4, 0.5) is 0 Å². The van der Waals surface area contributed by atoms with Gasteiger partial charge in [0.1, 0.15) is 0 Å². The molecule has 0 amide bonds. The van der Waals surface area contributed by atoms with E-state index in [1.54, 1.807) is 6.92 Å². The van der Waals surface area contributed by atoms with Crippen molar-refractivity contribution in [2.24, 2.45) is 11.3 Å². The number of ether oxygens (including phenoxy) is 1. The van der Waals surface area contributed by atoms with Gasteiger partial charge in [0, 0.05) is 6.61 Å². The Morgan fingerprint density at radius 2 is 2.05 bits per heavy atom. The van der Waals surface area contributed by atoms with Crippen LogP contribution in [0, 0.1) is 22.7 Å². The lowest BCUT2D eigenvalue weighted by molar-refractivity contribution is -0.150. The van der Waals surface area contributed by atoms with Crippen LogP contribution in [0.3, 0.4) is 0 Å². The third kappa shape index (κ3) is 3.42. The van der Waals surface area contributed by atoms with Crippen LogP contribution in [0.2, 0.25) is 18.1 Å². The second kappa shape index (κ2) is 5.86. The van der Waals surface area contributed by atoms with Crippen LogP contribution in [-0.2, 0) is 14.0 Å². The summed E-state index contributed by atoms with van der Waals surface area (Å²) in [6.45, 7) is 13.7. The van der Waals surface area contributed by atoms with E-state index in [-0.39, 0.29) is 23.3 Å². The van der Waals surface area contributed by atoms with Gasteiger partial charge in [0.15, 0.2) is 8.32 Å². The van der Waals surface area contributed by atoms with Crippen molar-refractivity contribution >= 4 is 14.3 Å². The minimum Gasteiger partial charge on any atom is -0.466 e. The standard InChI is InChI=1S/C15H27NO3Si/c1-7-18-13(17)15(8-9-16)10-12(15)11-19-20(5,6)14(2,3)4/h12H,7-8,10-11H2,1-6H3/t12-,15+/m1/s1. The fraction of sp³-hybridized carbons (Fsp3) is 0.867. The van der Waals surface area contributed by atoms with Crippen molar-refractivity contribution in [2.75, 3.05) is 13.2 Å². The van der Waals surface area contributed by atoms with Crippen molar-refractivity contribution in [1.29, 1.82) is 5.26 Å². The van der Waals surface area contributed by atoms with Crippen molar-refractivity contribution in [3.05, 3.63) is 0 Å². The van der Waals surface area contributed by atoms with Gasteiger partial charge < -0.3 is 9.16 Å². The van der Waals surface area contributed by atoms with E-state index in [0.717, 1.165) is 0 Å². The molecule has 0 bridgehead atoms. The van der Waals surface area contributed by atoms with E-state index in [2.05, 4.69) is 39.9 Å². The average molecular weight is 297 g/mol. The maximum atomic E-state index is 12.0. The Balaban J connectivity index is 2.64. The van der Waals surface area contributed by atoms with Crippen LogP contribution in [-0.4, -0.2) is 27.5 Å². The Bertz CT molecular complexity index is 408. The molecule has 0 saturated heterocycles. The minimum atomic E-state index is -1.80. The summed E-state index contributed by atoms with van der Waals surface area (Å²) in [6.07, 6.45) is 0.950. The molecule has 1 aliphatic rings. The van der Waals surface area contributed by atoms with Crippen molar-refractivity contribution in [1.82, 2.24) is 0 Å². The Morgan fingerprint density at radius 3 is 2.50 bits per heavy atom. The molecule has 1 aliphatic carbocycles. The normalized spacial score (nSPS) is 25.9. The van der Waals surface area contributed by atoms with Crippen molar-refractivity contribution < 1.29 is 14.0 Å². The Morgan fingerprint density at radius 1 is 1.45 bits per heavy atom. The van der Waals surface area contributed by atoms with E-state index in [1.807, 2.05) is 0 Å². The van der Waals surface area contributed by atoms with Gasteiger partial charge in [-0.15, -0.1) is 0 Å². The maximum Gasteiger partial charge on any atom is 0.313 e. The van der Waals surface area contributed by atoms with E-state index < -0.39 is 13.7 Å². The van der Waals surface area contributed by atoms with Crippen LogP contribution in [0.25, 0.3) is 0 Å². The quantitative estimate of drug-likeness (QED) is 0.556. The van der Waals surface area contributed by atoms with E-state index in [0.29, 0.717) is 19.6 Å². The lowest BCUT2D eigenvalue weighted by Gasteiger charge is -2.36. The van der Waals surface area contributed by atoms with Crippen LogP contribution in [0.1, 0.15) is 40.5 Å². The van der Waals surface area contributed by atoms with Crippen LogP contribution < -0.4 is 0 Å². The van der Waals surface area contributed by atoms with Crippen LogP contribution >= 0.6 is 0 Å². The Hall–Kier alpha value is -0.863. The molecule has 0 spiro atoms. The molecule has 1 saturated carbocycles.